The molecular weight excluding hydrogens is 369 g/mol. The molecule has 2 nitrogen and oxygen atoms in total. The van der Waals surface area contributed by atoms with Crippen LogP contribution in [0.3, 0.4) is 0 Å². The van der Waals surface area contributed by atoms with Gasteiger partial charge in [0.25, 0.3) is 0 Å². The summed E-state index contributed by atoms with van der Waals surface area (Å²) in [6, 6.07) is 9.08. The molecule has 0 aliphatic carbocycles. The molecule has 1 N–H and O–H groups in total. The molecule has 6 heteroatoms. The normalized spacial score (nSPS) is 16.0. The number of nitrogens with zero attached hydrogens (tertiary/aromatic N) is 1. The highest BCUT2D eigenvalue weighted by Gasteiger charge is 2.30. The molecule has 1 aromatic heterocycles. The van der Waals surface area contributed by atoms with Gasteiger partial charge in [0, 0.05) is 6.20 Å². The number of halogens is 4. The lowest BCUT2D eigenvalue weighted by molar-refractivity contribution is -0.137. The first-order valence-corrected chi connectivity index (χ1v) is 7.93. The predicted octanol–water partition coefficient (Wildman–Crippen LogP) is 5.58. The summed E-state index contributed by atoms with van der Waals surface area (Å²) in [5.41, 5.74) is 2.75. The molecule has 0 spiro atoms. The highest BCUT2D eigenvalue weighted by atomic mass is 79.9. The van der Waals surface area contributed by atoms with Gasteiger partial charge in [-0.25, -0.2) is 0 Å². The maximum atomic E-state index is 12.7. The third kappa shape index (κ3) is 3.08. The maximum Gasteiger partial charge on any atom is 0.416 e. The van der Waals surface area contributed by atoms with E-state index in [0.29, 0.717) is 5.56 Å². The Morgan fingerprint density at radius 2 is 1.83 bits per heavy atom. The molecule has 2 heterocycles. The van der Waals surface area contributed by atoms with Gasteiger partial charge in [0.15, 0.2) is 0 Å². The second kappa shape index (κ2) is 5.92. The number of benzene rings is 1. The monoisotopic (exact) mass is 382 g/mol. The molecule has 1 aromatic carbocycles. The van der Waals surface area contributed by atoms with Crippen molar-refractivity contribution in [2.75, 3.05) is 0 Å². The van der Waals surface area contributed by atoms with E-state index < -0.39 is 11.7 Å². The van der Waals surface area contributed by atoms with Gasteiger partial charge >= 0.3 is 6.18 Å². The summed E-state index contributed by atoms with van der Waals surface area (Å²) >= 11 is 3.48. The van der Waals surface area contributed by atoms with E-state index in [1.165, 1.54) is 12.1 Å². The highest BCUT2D eigenvalue weighted by Crippen LogP contribution is 2.32. The molecule has 0 radical (unpaired) electrons. The highest BCUT2D eigenvalue weighted by molar-refractivity contribution is 9.10. The van der Waals surface area contributed by atoms with E-state index in [9.17, 15) is 13.2 Å². The molecule has 2 aromatic rings. The van der Waals surface area contributed by atoms with E-state index in [0.717, 1.165) is 40.2 Å². The number of alkyl halides is 3. The largest absolute Gasteiger partial charge is 0.416 e. The van der Waals surface area contributed by atoms with E-state index >= 15 is 0 Å². The molecule has 0 atom stereocenters. The van der Waals surface area contributed by atoms with Crippen LogP contribution in [0.4, 0.5) is 13.2 Å². The molecule has 0 unspecified atom stereocenters. The summed E-state index contributed by atoms with van der Waals surface area (Å²) in [5, 5.41) is 3.30. The third-order valence-electron chi connectivity index (χ3n) is 3.60. The first-order chi connectivity index (χ1) is 10.9. The second-order valence-electron chi connectivity index (χ2n) is 5.18. The van der Waals surface area contributed by atoms with Gasteiger partial charge in [0.1, 0.15) is 0 Å². The molecule has 23 heavy (non-hydrogen) atoms. The Bertz CT molecular complexity index is 783. The van der Waals surface area contributed by atoms with Gasteiger partial charge in [-0.15, -0.1) is 0 Å². The molecule has 0 saturated carbocycles. The van der Waals surface area contributed by atoms with Crippen LogP contribution >= 0.6 is 15.9 Å². The van der Waals surface area contributed by atoms with Crippen LogP contribution in [-0.4, -0.2) is 4.57 Å². The zero-order chi connectivity index (χ0) is 16.6. The Labute approximate surface area is 140 Å². The minimum atomic E-state index is -4.32. The maximum absolute atomic E-state index is 12.7. The van der Waals surface area contributed by atoms with Crippen LogP contribution in [-0.2, 0) is 6.18 Å². The lowest BCUT2D eigenvalue weighted by Gasteiger charge is -2.22. The molecule has 1 aliphatic heterocycles. The topological polar surface area (TPSA) is 17.0 Å². The number of rotatable bonds is 2. The zero-order valence-electron chi connectivity index (χ0n) is 12.3. The SMILES string of the molecule is CC/C=C1/NC(c2ccc(C(F)(F)F)cc2)=Cn2c(Br)ccc21. The van der Waals surface area contributed by atoms with Crippen LogP contribution in [0.25, 0.3) is 17.6 Å². The van der Waals surface area contributed by atoms with Crippen molar-refractivity contribution in [1.29, 1.82) is 0 Å². The number of hydrogen-bond donors (Lipinski definition) is 1. The molecular formula is C17H14BrF3N2. The van der Waals surface area contributed by atoms with E-state index in [2.05, 4.69) is 27.3 Å². The van der Waals surface area contributed by atoms with Crippen LogP contribution in [0.5, 0.6) is 0 Å². The molecule has 120 valence electrons. The number of nitrogens with one attached hydrogen (secondary N) is 1. The summed E-state index contributed by atoms with van der Waals surface area (Å²) in [4.78, 5) is 0. The standard InChI is InChI=1S/C17H14BrF3N2/c1-2-3-13-15-8-9-16(18)23(15)10-14(22-13)11-4-6-12(7-5-11)17(19,20)21/h3-10,22H,2H2,1H3/b13-3+. The van der Waals surface area contributed by atoms with Gasteiger partial charge < -0.3 is 9.88 Å². The van der Waals surface area contributed by atoms with E-state index in [1.807, 2.05) is 29.8 Å². The first kappa shape index (κ1) is 15.9. The van der Waals surface area contributed by atoms with Crippen molar-refractivity contribution in [3.63, 3.8) is 0 Å². The van der Waals surface area contributed by atoms with Gasteiger partial charge in [-0.1, -0.05) is 25.1 Å². The number of allylic oxidation sites excluding steroid dienone is 1. The molecule has 0 amide bonds. The summed E-state index contributed by atoms with van der Waals surface area (Å²) in [7, 11) is 0. The number of fused-ring (bicyclic) bond motifs is 1. The van der Waals surface area contributed by atoms with Crippen LogP contribution in [0.1, 0.15) is 30.2 Å². The summed E-state index contributed by atoms with van der Waals surface area (Å²) < 4.78 is 40.9. The molecule has 3 rings (SSSR count). The van der Waals surface area contributed by atoms with Crippen LogP contribution in [0.2, 0.25) is 0 Å². The van der Waals surface area contributed by atoms with Gasteiger partial charge in [-0.05, 0) is 52.2 Å². The van der Waals surface area contributed by atoms with Crippen LogP contribution in [0.15, 0.2) is 47.1 Å². The van der Waals surface area contributed by atoms with Crippen molar-refractivity contribution in [2.45, 2.75) is 19.5 Å². The average molecular weight is 383 g/mol. The molecule has 0 bridgehead atoms. The van der Waals surface area contributed by atoms with Crippen molar-refractivity contribution in [3.05, 3.63) is 63.9 Å². The Kier molecular flexibility index (Phi) is 4.10. The van der Waals surface area contributed by atoms with Crippen molar-refractivity contribution < 1.29 is 13.2 Å². The summed E-state index contributed by atoms with van der Waals surface area (Å²) in [5.74, 6) is 0. The van der Waals surface area contributed by atoms with Crippen molar-refractivity contribution >= 4 is 33.5 Å². The van der Waals surface area contributed by atoms with E-state index in [-0.39, 0.29) is 0 Å². The van der Waals surface area contributed by atoms with E-state index in [4.69, 9.17) is 0 Å². The Morgan fingerprint density at radius 1 is 1.13 bits per heavy atom. The average Bonchev–Trinajstić information content (AvgIpc) is 2.89. The van der Waals surface area contributed by atoms with E-state index in [1.54, 1.807) is 0 Å². The zero-order valence-corrected chi connectivity index (χ0v) is 13.9. The minimum absolute atomic E-state index is 0.648. The Balaban J connectivity index is 2.02. The fourth-order valence-electron chi connectivity index (χ4n) is 2.49. The van der Waals surface area contributed by atoms with Crippen molar-refractivity contribution in [3.8, 4) is 0 Å². The van der Waals surface area contributed by atoms with Gasteiger partial charge in [0.05, 0.1) is 27.3 Å². The van der Waals surface area contributed by atoms with Crippen LogP contribution < -0.4 is 5.32 Å². The third-order valence-corrected chi connectivity index (χ3v) is 4.25. The van der Waals surface area contributed by atoms with Crippen molar-refractivity contribution in [1.82, 2.24) is 9.88 Å². The van der Waals surface area contributed by atoms with Crippen LogP contribution in [0, 0.1) is 0 Å². The second-order valence-corrected chi connectivity index (χ2v) is 5.99. The molecule has 1 aliphatic rings. The molecule has 0 fully saturated rings. The lowest BCUT2D eigenvalue weighted by Crippen LogP contribution is -2.18. The van der Waals surface area contributed by atoms with Gasteiger partial charge in [0.2, 0.25) is 0 Å². The fraction of sp³-hybridized carbons (Fsp3) is 0.176. The quantitative estimate of drug-likeness (QED) is 0.717. The minimum Gasteiger partial charge on any atom is -0.352 e. The smallest absolute Gasteiger partial charge is 0.352 e. The van der Waals surface area contributed by atoms with Gasteiger partial charge in [-0.3, -0.25) is 0 Å². The van der Waals surface area contributed by atoms with Crippen molar-refractivity contribution in [2.24, 2.45) is 0 Å². The Hall–Kier alpha value is -1.95. The predicted molar refractivity (Wildman–Crippen MR) is 89.1 cm³/mol. The summed E-state index contributed by atoms with van der Waals surface area (Å²) in [6.07, 6.45) is 0.451. The summed E-state index contributed by atoms with van der Waals surface area (Å²) in [6.45, 7) is 2.03. The first-order valence-electron chi connectivity index (χ1n) is 7.14. The van der Waals surface area contributed by atoms with Gasteiger partial charge in [-0.2, -0.15) is 13.2 Å². The number of hydrogen-bond acceptors (Lipinski definition) is 1. The lowest BCUT2D eigenvalue weighted by atomic mass is 10.1. The number of aromatic nitrogens is 1. The molecule has 0 saturated heterocycles. The Morgan fingerprint density at radius 3 is 2.43 bits per heavy atom. The fourth-order valence-corrected chi connectivity index (χ4v) is 2.92.